The van der Waals surface area contributed by atoms with Gasteiger partial charge in [0.05, 0.1) is 11.9 Å². The molecule has 4 aromatic rings. The van der Waals surface area contributed by atoms with Crippen LogP contribution in [0.3, 0.4) is 0 Å². The van der Waals surface area contributed by atoms with Gasteiger partial charge in [-0.15, -0.1) is 0 Å². The second-order valence-electron chi connectivity index (χ2n) is 4.46. The van der Waals surface area contributed by atoms with Crippen molar-refractivity contribution in [2.45, 2.75) is 6.43 Å². The largest absolute Gasteiger partial charge is 0.345 e. The zero-order chi connectivity index (χ0) is 14.4. The Labute approximate surface area is 116 Å². The molecule has 1 N–H and O–H groups in total. The van der Waals surface area contributed by atoms with Crippen LogP contribution in [0.1, 0.15) is 12.1 Å². The lowest BCUT2D eigenvalue weighted by molar-refractivity contribution is 0.143. The van der Waals surface area contributed by atoms with E-state index in [1.165, 1.54) is 6.33 Å². The summed E-state index contributed by atoms with van der Waals surface area (Å²) in [7, 11) is 0. The lowest BCUT2D eigenvalue weighted by Gasteiger charge is -2.02. The van der Waals surface area contributed by atoms with E-state index in [9.17, 15) is 8.78 Å². The number of rotatable bonds is 2. The summed E-state index contributed by atoms with van der Waals surface area (Å²) < 4.78 is 27.0. The molecule has 0 bridgehead atoms. The molecule has 0 spiro atoms. The van der Waals surface area contributed by atoms with Gasteiger partial charge < -0.3 is 4.98 Å². The van der Waals surface area contributed by atoms with Crippen LogP contribution in [0.5, 0.6) is 0 Å². The molecule has 0 aromatic carbocycles. The summed E-state index contributed by atoms with van der Waals surface area (Å²) in [5, 5.41) is 5.03. The predicted molar refractivity (Wildman–Crippen MR) is 70.8 cm³/mol. The van der Waals surface area contributed by atoms with Crippen molar-refractivity contribution in [3.8, 4) is 11.3 Å². The molecule has 6 nitrogen and oxygen atoms in total. The number of hydrogen-bond donors (Lipinski definition) is 1. The quantitative estimate of drug-likeness (QED) is 0.615. The highest BCUT2D eigenvalue weighted by atomic mass is 19.3. The molecule has 0 saturated heterocycles. The van der Waals surface area contributed by atoms with E-state index in [0.29, 0.717) is 17.0 Å². The molecule has 0 radical (unpaired) electrons. The summed E-state index contributed by atoms with van der Waals surface area (Å²) >= 11 is 0. The maximum Gasteiger partial charge on any atom is 0.282 e. The maximum atomic E-state index is 12.9. The highest BCUT2D eigenvalue weighted by Gasteiger charge is 2.16. The fraction of sp³-hybridized carbons (Fsp3) is 0.0769. The van der Waals surface area contributed by atoms with Crippen LogP contribution < -0.4 is 0 Å². The molecular formula is C13H8F2N6. The third-order valence-electron chi connectivity index (χ3n) is 3.24. The molecule has 4 heterocycles. The van der Waals surface area contributed by atoms with E-state index < -0.39 is 6.43 Å². The van der Waals surface area contributed by atoms with Gasteiger partial charge in [0.15, 0.2) is 5.65 Å². The van der Waals surface area contributed by atoms with Gasteiger partial charge in [0, 0.05) is 23.3 Å². The van der Waals surface area contributed by atoms with Gasteiger partial charge >= 0.3 is 0 Å². The van der Waals surface area contributed by atoms with Crippen LogP contribution in [0, 0.1) is 0 Å². The van der Waals surface area contributed by atoms with Crippen molar-refractivity contribution in [2.24, 2.45) is 0 Å². The van der Waals surface area contributed by atoms with E-state index >= 15 is 0 Å². The van der Waals surface area contributed by atoms with E-state index in [1.54, 1.807) is 24.5 Å². The van der Waals surface area contributed by atoms with E-state index in [4.69, 9.17) is 0 Å². The van der Waals surface area contributed by atoms with Gasteiger partial charge in [0.2, 0.25) is 0 Å². The Kier molecular flexibility index (Phi) is 2.44. The standard InChI is InChI=1S/C13H8F2N6/c14-12(15)10-5-17-11-2-1-9(20-21(10)11)7-4-18-13-8(7)3-16-6-19-13/h1-6,12H,(H,16,18,19). The third kappa shape index (κ3) is 1.76. The number of halogens is 2. The molecule has 0 aliphatic heterocycles. The molecule has 0 amide bonds. The molecule has 0 aliphatic carbocycles. The fourth-order valence-corrected chi connectivity index (χ4v) is 2.26. The summed E-state index contributed by atoms with van der Waals surface area (Å²) in [5.74, 6) is 0. The molecule has 0 aliphatic rings. The van der Waals surface area contributed by atoms with E-state index in [0.717, 1.165) is 21.7 Å². The molecule has 0 unspecified atom stereocenters. The van der Waals surface area contributed by atoms with E-state index in [1.807, 2.05) is 0 Å². The van der Waals surface area contributed by atoms with Crippen LogP contribution in [0.4, 0.5) is 8.78 Å². The highest BCUT2D eigenvalue weighted by Crippen LogP contribution is 2.26. The smallest absolute Gasteiger partial charge is 0.282 e. The van der Waals surface area contributed by atoms with Gasteiger partial charge in [0.25, 0.3) is 6.43 Å². The molecule has 4 aromatic heterocycles. The summed E-state index contributed by atoms with van der Waals surface area (Å²) in [6.07, 6.45) is 3.32. The Morgan fingerprint density at radius 1 is 1.14 bits per heavy atom. The van der Waals surface area contributed by atoms with E-state index in [-0.39, 0.29) is 5.69 Å². The number of alkyl halides is 2. The Morgan fingerprint density at radius 3 is 2.90 bits per heavy atom. The Bertz CT molecular complexity index is 942. The second kappa shape index (κ2) is 4.30. The first-order valence-corrected chi connectivity index (χ1v) is 6.14. The maximum absolute atomic E-state index is 12.9. The number of nitrogens with one attached hydrogen (secondary N) is 1. The molecule has 0 atom stereocenters. The minimum Gasteiger partial charge on any atom is -0.345 e. The predicted octanol–water partition coefficient (Wildman–Crippen LogP) is 2.61. The average Bonchev–Trinajstić information content (AvgIpc) is 3.10. The zero-order valence-electron chi connectivity index (χ0n) is 10.5. The normalized spacial score (nSPS) is 11.8. The molecular weight excluding hydrogens is 278 g/mol. The lowest BCUT2D eigenvalue weighted by Crippen LogP contribution is -1.99. The SMILES string of the molecule is FC(F)c1cnc2ccc(-c3c[nH]c4ncncc34)nn12. The summed E-state index contributed by atoms with van der Waals surface area (Å²) in [5.41, 5.74) is 2.11. The van der Waals surface area contributed by atoms with Crippen molar-refractivity contribution in [1.29, 1.82) is 0 Å². The first-order chi connectivity index (χ1) is 10.2. The Hall–Kier alpha value is -2.90. The number of imidazole rings is 1. The summed E-state index contributed by atoms with van der Waals surface area (Å²) in [6, 6.07) is 3.38. The lowest BCUT2D eigenvalue weighted by atomic mass is 10.2. The monoisotopic (exact) mass is 286 g/mol. The van der Waals surface area contributed by atoms with Crippen molar-refractivity contribution in [3.05, 3.63) is 42.7 Å². The first kappa shape index (κ1) is 11.9. The van der Waals surface area contributed by atoms with E-state index in [2.05, 4.69) is 25.0 Å². The topological polar surface area (TPSA) is 71.8 Å². The third-order valence-corrected chi connectivity index (χ3v) is 3.24. The van der Waals surface area contributed by atoms with Crippen molar-refractivity contribution in [3.63, 3.8) is 0 Å². The minimum atomic E-state index is -2.63. The van der Waals surface area contributed by atoms with Crippen LogP contribution >= 0.6 is 0 Å². The minimum absolute atomic E-state index is 0.233. The molecule has 8 heteroatoms. The molecule has 0 fully saturated rings. The van der Waals surface area contributed by atoms with Crippen LogP contribution in [0.15, 0.2) is 37.1 Å². The van der Waals surface area contributed by atoms with Crippen molar-refractivity contribution in [1.82, 2.24) is 29.5 Å². The zero-order valence-corrected chi connectivity index (χ0v) is 10.5. The van der Waals surface area contributed by atoms with Gasteiger partial charge in [-0.3, -0.25) is 0 Å². The van der Waals surface area contributed by atoms with Crippen LogP contribution in [0.25, 0.3) is 27.9 Å². The first-order valence-electron chi connectivity index (χ1n) is 6.14. The van der Waals surface area contributed by atoms with Crippen LogP contribution in [-0.2, 0) is 0 Å². The van der Waals surface area contributed by atoms with Crippen molar-refractivity contribution >= 4 is 16.7 Å². The van der Waals surface area contributed by atoms with Crippen molar-refractivity contribution < 1.29 is 8.78 Å². The Balaban J connectivity index is 1.96. The molecule has 104 valence electrons. The number of hydrogen-bond acceptors (Lipinski definition) is 4. The van der Waals surface area contributed by atoms with Crippen LogP contribution in [0.2, 0.25) is 0 Å². The fourth-order valence-electron chi connectivity index (χ4n) is 2.26. The van der Waals surface area contributed by atoms with Crippen molar-refractivity contribution in [2.75, 3.05) is 0 Å². The van der Waals surface area contributed by atoms with Gasteiger partial charge in [-0.2, -0.15) is 5.10 Å². The number of nitrogens with zero attached hydrogens (tertiary/aromatic N) is 5. The van der Waals surface area contributed by atoms with Gasteiger partial charge in [-0.05, 0) is 12.1 Å². The number of aromatic amines is 1. The number of aromatic nitrogens is 6. The Morgan fingerprint density at radius 2 is 2.05 bits per heavy atom. The van der Waals surface area contributed by atoms with Gasteiger partial charge in [-0.1, -0.05) is 0 Å². The van der Waals surface area contributed by atoms with Crippen LogP contribution in [-0.4, -0.2) is 29.5 Å². The summed E-state index contributed by atoms with van der Waals surface area (Å²) in [6.45, 7) is 0. The number of H-pyrrole nitrogens is 1. The van der Waals surface area contributed by atoms with Gasteiger partial charge in [-0.25, -0.2) is 28.2 Å². The summed E-state index contributed by atoms with van der Waals surface area (Å²) in [4.78, 5) is 15.0. The second-order valence-corrected chi connectivity index (χ2v) is 4.46. The molecule has 4 rings (SSSR count). The molecule has 0 saturated carbocycles. The number of fused-ring (bicyclic) bond motifs is 2. The highest BCUT2D eigenvalue weighted by molar-refractivity contribution is 5.91. The van der Waals surface area contributed by atoms with Gasteiger partial charge in [0.1, 0.15) is 17.7 Å². The average molecular weight is 286 g/mol. The molecule has 21 heavy (non-hydrogen) atoms.